The molecule has 3 N–H and O–H groups in total. The maximum Gasteiger partial charge on any atom is 0.0693 e. The third-order valence-electron chi connectivity index (χ3n) is 3.58. The lowest BCUT2D eigenvalue weighted by atomic mass is 9.86. The molecule has 0 aromatic rings. The van der Waals surface area contributed by atoms with Crippen molar-refractivity contribution in [2.45, 2.75) is 64.5 Å². The highest BCUT2D eigenvalue weighted by molar-refractivity contribution is 4.83. The van der Waals surface area contributed by atoms with Crippen molar-refractivity contribution in [3.8, 4) is 0 Å². The van der Waals surface area contributed by atoms with E-state index >= 15 is 0 Å². The lowest BCUT2D eigenvalue weighted by Crippen LogP contribution is -2.45. The Labute approximate surface area is 99.3 Å². The third kappa shape index (κ3) is 4.81. The normalized spacial score (nSPS) is 27.0. The Morgan fingerprint density at radius 3 is 2.56 bits per heavy atom. The van der Waals surface area contributed by atoms with Crippen LogP contribution in [0.4, 0.5) is 0 Å². The maximum atomic E-state index is 9.84. The lowest BCUT2D eigenvalue weighted by molar-refractivity contribution is 0.0841. The molecule has 1 fully saturated rings. The predicted molar refractivity (Wildman–Crippen MR) is 66.4 cm³/mol. The largest absolute Gasteiger partial charge is 0.396 e. The topological polar surface area (TPSA) is 52.5 Å². The summed E-state index contributed by atoms with van der Waals surface area (Å²) < 4.78 is 0. The van der Waals surface area contributed by atoms with Crippen LogP contribution in [0.3, 0.4) is 0 Å². The van der Waals surface area contributed by atoms with Crippen molar-refractivity contribution in [3.05, 3.63) is 0 Å². The van der Waals surface area contributed by atoms with Crippen LogP contribution in [0.25, 0.3) is 0 Å². The number of hydrogen-bond acceptors (Lipinski definition) is 3. The first-order chi connectivity index (χ1) is 7.55. The van der Waals surface area contributed by atoms with Crippen LogP contribution >= 0.6 is 0 Å². The molecule has 1 aliphatic carbocycles. The summed E-state index contributed by atoms with van der Waals surface area (Å²) in [5.74, 6) is 0. The average molecular weight is 229 g/mol. The molecule has 0 heterocycles. The second-order valence-corrected chi connectivity index (χ2v) is 5.83. The first-order valence-electron chi connectivity index (χ1n) is 6.57. The van der Waals surface area contributed by atoms with E-state index < -0.39 is 0 Å². The van der Waals surface area contributed by atoms with E-state index in [4.69, 9.17) is 5.11 Å². The Morgan fingerprint density at radius 1 is 1.25 bits per heavy atom. The third-order valence-corrected chi connectivity index (χ3v) is 3.58. The molecule has 2 atom stereocenters. The van der Waals surface area contributed by atoms with Crippen LogP contribution in [0.1, 0.15) is 52.4 Å². The number of aliphatic hydroxyl groups excluding tert-OH is 2. The highest BCUT2D eigenvalue weighted by Crippen LogP contribution is 2.23. The van der Waals surface area contributed by atoms with Gasteiger partial charge in [0.25, 0.3) is 0 Å². The van der Waals surface area contributed by atoms with E-state index in [1.54, 1.807) is 0 Å². The second kappa shape index (κ2) is 6.58. The summed E-state index contributed by atoms with van der Waals surface area (Å²) in [5.41, 5.74) is 0.208. The molecule has 0 bridgehead atoms. The summed E-state index contributed by atoms with van der Waals surface area (Å²) in [4.78, 5) is 0. The number of aliphatic hydroxyl groups is 2. The molecule has 0 unspecified atom stereocenters. The summed E-state index contributed by atoms with van der Waals surface area (Å²) in [6.07, 6.45) is 6.15. The molecule has 0 amide bonds. The Kier molecular flexibility index (Phi) is 5.73. The minimum atomic E-state index is -0.164. The van der Waals surface area contributed by atoms with Gasteiger partial charge in [-0.25, -0.2) is 0 Å². The molecule has 1 aliphatic rings. The Hall–Kier alpha value is -0.120. The molecule has 96 valence electrons. The van der Waals surface area contributed by atoms with Crippen LogP contribution in [0, 0.1) is 5.41 Å². The molecule has 1 saturated carbocycles. The van der Waals surface area contributed by atoms with E-state index in [2.05, 4.69) is 19.2 Å². The van der Waals surface area contributed by atoms with Gasteiger partial charge in [-0.1, -0.05) is 26.7 Å². The molecule has 0 spiro atoms. The van der Waals surface area contributed by atoms with Crippen molar-refractivity contribution in [3.63, 3.8) is 0 Å². The van der Waals surface area contributed by atoms with Gasteiger partial charge in [0.05, 0.1) is 6.10 Å². The summed E-state index contributed by atoms with van der Waals surface area (Å²) in [5, 5.41) is 22.2. The molecule has 16 heavy (non-hydrogen) atoms. The van der Waals surface area contributed by atoms with Crippen LogP contribution in [0.15, 0.2) is 0 Å². The summed E-state index contributed by atoms with van der Waals surface area (Å²) >= 11 is 0. The van der Waals surface area contributed by atoms with Crippen LogP contribution < -0.4 is 5.32 Å². The van der Waals surface area contributed by atoms with Gasteiger partial charge in [0.2, 0.25) is 0 Å². The van der Waals surface area contributed by atoms with E-state index in [0.717, 1.165) is 38.6 Å². The fraction of sp³-hybridized carbons (Fsp3) is 1.00. The van der Waals surface area contributed by atoms with Crippen molar-refractivity contribution in [1.82, 2.24) is 5.32 Å². The predicted octanol–water partition coefficient (Wildman–Crippen LogP) is 1.68. The van der Waals surface area contributed by atoms with Gasteiger partial charge in [-0.2, -0.15) is 0 Å². The van der Waals surface area contributed by atoms with Crippen molar-refractivity contribution in [1.29, 1.82) is 0 Å². The maximum absolute atomic E-state index is 9.84. The second-order valence-electron chi connectivity index (χ2n) is 5.83. The number of nitrogens with one attached hydrogen (secondary N) is 1. The van der Waals surface area contributed by atoms with E-state index in [-0.39, 0.29) is 24.2 Å². The number of hydrogen-bond donors (Lipinski definition) is 3. The molecular formula is C13H27NO2. The molecule has 3 heteroatoms. The van der Waals surface area contributed by atoms with Gasteiger partial charge in [0, 0.05) is 19.2 Å². The van der Waals surface area contributed by atoms with Crippen LogP contribution in [-0.2, 0) is 0 Å². The minimum Gasteiger partial charge on any atom is -0.396 e. The van der Waals surface area contributed by atoms with Crippen LogP contribution in [0.2, 0.25) is 0 Å². The van der Waals surface area contributed by atoms with E-state index in [0.29, 0.717) is 0 Å². The monoisotopic (exact) mass is 229 g/mol. The fourth-order valence-electron chi connectivity index (χ4n) is 2.40. The van der Waals surface area contributed by atoms with Gasteiger partial charge in [0.1, 0.15) is 0 Å². The van der Waals surface area contributed by atoms with Crippen molar-refractivity contribution >= 4 is 0 Å². The summed E-state index contributed by atoms with van der Waals surface area (Å²) in [6, 6.07) is 0.280. The smallest absolute Gasteiger partial charge is 0.0693 e. The highest BCUT2D eigenvalue weighted by Gasteiger charge is 2.25. The van der Waals surface area contributed by atoms with E-state index in [1.807, 2.05) is 0 Å². The van der Waals surface area contributed by atoms with Gasteiger partial charge >= 0.3 is 0 Å². The van der Waals surface area contributed by atoms with E-state index in [9.17, 15) is 5.11 Å². The zero-order valence-corrected chi connectivity index (χ0v) is 10.7. The van der Waals surface area contributed by atoms with Gasteiger partial charge in [-0.05, 0) is 31.1 Å². The zero-order valence-electron chi connectivity index (χ0n) is 10.7. The SMILES string of the molecule is CC(C)(CCCO)CN[C@@H]1CCCC[C@H]1O. The fourth-order valence-corrected chi connectivity index (χ4v) is 2.40. The molecule has 1 rings (SSSR count). The van der Waals surface area contributed by atoms with Gasteiger partial charge in [-0.3, -0.25) is 0 Å². The standard InChI is InChI=1S/C13H27NO2/c1-13(2,8-5-9-15)10-14-11-6-3-4-7-12(11)16/h11-12,14-16H,3-10H2,1-2H3/t11-,12-/m1/s1. The average Bonchev–Trinajstić information content (AvgIpc) is 2.26. The van der Waals surface area contributed by atoms with Crippen LogP contribution in [0.5, 0.6) is 0 Å². The van der Waals surface area contributed by atoms with Gasteiger partial charge in [0.15, 0.2) is 0 Å². The summed E-state index contributed by atoms with van der Waals surface area (Å²) in [7, 11) is 0. The van der Waals surface area contributed by atoms with Crippen LogP contribution in [-0.4, -0.2) is 35.5 Å². The first kappa shape index (κ1) is 13.9. The molecule has 0 saturated heterocycles. The summed E-state index contributed by atoms with van der Waals surface area (Å²) in [6.45, 7) is 5.62. The highest BCUT2D eigenvalue weighted by atomic mass is 16.3. The minimum absolute atomic E-state index is 0.164. The lowest BCUT2D eigenvalue weighted by Gasteiger charge is -2.33. The van der Waals surface area contributed by atoms with Gasteiger partial charge in [-0.15, -0.1) is 0 Å². The molecule has 0 aromatic carbocycles. The Morgan fingerprint density at radius 2 is 1.94 bits per heavy atom. The first-order valence-corrected chi connectivity index (χ1v) is 6.57. The van der Waals surface area contributed by atoms with Crippen molar-refractivity contribution < 1.29 is 10.2 Å². The van der Waals surface area contributed by atoms with Crippen molar-refractivity contribution in [2.75, 3.05) is 13.2 Å². The Balaban J connectivity index is 2.26. The van der Waals surface area contributed by atoms with E-state index in [1.165, 1.54) is 6.42 Å². The molecule has 0 radical (unpaired) electrons. The van der Waals surface area contributed by atoms with Gasteiger partial charge < -0.3 is 15.5 Å². The number of rotatable bonds is 6. The Bertz CT molecular complexity index is 194. The zero-order chi connectivity index (χ0) is 12.0. The molecule has 0 aliphatic heterocycles. The quantitative estimate of drug-likeness (QED) is 0.649. The molecule has 3 nitrogen and oxygen atoms in total. The molecular weight excluding hydrogens is 202 g/mol. The molecule has 0 aromatic heterocycles. The van der Waals surface area contributed by atoms with Crippen molar-refractivity contribution in [2.24, 2.45) is 5.41 Å².